The van der Waals surface area contributed by atoms with Crippen molar-refractivity contribution in [2.75, 3.05) is 26.3 Å². The van der Waals surface area contributed by atoms with Gasteiger partial charge in [0.05, 0.1) is 18.8 Å². The average molecular weight is 369 g/mol. The third kappa shape index (κ3) is 4.42. The molecule has 7 nitrogen and oxygen atoms in total. The van der Waals surface area contributed by atoms with Crippen LogP contribution in [0.1, 0.15) is 59.8 Å². The Morgan fingerprint density at radius 1 is 1.19 bits per heavy atom. The summed E-state index contributed by atoms with van der Waals surface area (Å²) in [5.41, 5.74) is 6.31. The number of carbonyl (C=O) groups is 1. The number of guanidine groups is 1. The zero-order chi connectivity index (χ0) is 19.2. The molecule has 1 saturated heterocycles. The van der Waals surface area contributed by atoms with E-state index in [1.165, 1.54) is 0 Å². The van der Waals surface area contributed by atoms with Gasteiger partial charge in [-0.1, -0.05) is 13.8 Å². The first-order valence-corrected chi connectivity index (χ1v) is 10.1. The highest BCUT2D eigenvalue weighted by atomic mass is 16.6. The van der Waals surface area contributed by atoms with Gasteiger partial charge in [-0.2, -0.15) is 0 Å². The van der Waals surface area contributed by atoms with Crippen molar-refractivity contribution in [1.82, 2.24) is 10.2 Å². The van der Waals surface area contributed by atoms with Crippen molar-refractivity contribution >= 4 is 12.1 Å². The lowest BCUT2D eigenvalue weighted by molar-refractivity contribution is -0.127. The smallest absolute Gasteiger partial charge is 0.409 e. The first-order valence-electron chi connectivity index (χ1n) is 10.1. The molecule has 1 amide bonds. The fourth-order valence-electron chi connectivity index (χ4n) is 4.35. The van der Waals surface area contributed by atoms with Crippen LogP contribution in [-0.2, 0) is 9.47 Å². The SMILES string of the molecule is CCOC(=O)N1CCC(NC(N)=NC2CC(OCC)C2(CC)CC)CC1. The van der Waals surface area contributed by atoms with Crippen LogP contribution in [0.15, 0.2) is 4.99 Å². The Morgan fingerprint density at radius 3 is 2.38 bits per heavy atom. The van der Waals surface area contributed by atoms with Crippen LogP contribution in [0.5, 0.6) is 0 Å². The van der Waals surface area contributed by atoms with Crippen LogP contribution in [0.2, 0.25) is 0 Å². The molecule has 1 aliphatic carbocycles. The molecule has 1 heterocycles. The standard InChI is InChI=1S/C19H36N4O3/c1-5-19(6-2)15(13-16(19)25-7-3)22-17(20)21-14-9-11-23(12-10-14)18(24)26-8-4/h14-16H,5-13H2,1-4H3,(H3,20,21,22). The van der Waals surface area contributed by atoms with Gasteiger partial charge in [-0.15, -0.1) is 0 Å². The average Bonchev–Trinajstić information content (AvgIpc) is 2.63. The van der Waals surface area contributed by atoms with Crippen molar-refractivity contribution in [1.29, 1.82) is 0 Å². The molecule has 0 aromatic carbocycles. The van der Waals surface area contributed by atoms with E-state index in [0.29, 0.717) is 25.7 Å². The quantitative estimate of drug-likeness (QED) is 0.532. The summed E-state index contributed by atoms with van der Waals surface area (Å²) in [4.78, 5) is 18.3. The number of hydrogen-bond acceptors (Lipinski definition) is 4. The molecule has 2 atom stereocenters. The molecule has 1 saturated carbocycles. The van der Waals surface area contributed by atoms with Crippen molar-refractivity contribution in [2.45, 2.75) is 78.0 Å². The Balaban J connectivity index is 1.86. The molecule has 0 aromatic heterocycles. The van der Waals surface area contributed by atoms with E-state index < -0.39 is 0 Å². The Labute approximate surface area is 157 Å². The second kappa shape index (κ2) is 9.44. The summed E-state index contributed by atoms with van der Waals surface area (Å²) in [6.07, 6.45) is 4.82. The van der Waals surface area contributed by atoms with E-state index in [1.807, 2.05) is 13.8 Å². The van der Waals surface area contributed by atoms with Crippen LogP contribution in [0.4, 0.5) is 4.79 Å². The minimum atomic E-state index is -0.223. The lowest BCUT2D eigenvalue weighted by Gasteiger charge is -2.53. The van der Waals surface area contributed by atoms with Crippen LogP contribution in [0.3, 0.4) is 0 Å². The van der Waals surface area contributed by atoms with Crippen LogP contribution in [0, 0.1) is 5.41 Å². The van der Waals surface area contributed by atoms with Gasteiger partial charge in [0, 0.05) is 31.2 Å². The molecule has 150 valence electrons. The maximum Gasteiger partial charge on any atom is 0.409 e. The molecule has 26 heavy (non-hydrogen) atoms. The summed E-state index contributed by atoms with van der Waals surface area (Å²) in [5, 5.41) is 3.35. The van der Waals surface area contributed by atoms with E-state index >= 15 is 0 Å². The van der Waals surface area contributed by atoms with Crippen LogP contribution >= 0.6 is 0 Å². The third-order valence-electron chi connectivity index (χ3n) is 6.09. The molecule has 0 aromatic rings. The van der Waals surface area contributed by atoms with E-state index in [2.05, 4.69) is 19.2 Å². The molecule has 0 bridgehead atoms. The summed E-state index contributed by atoms with van der Waals surface area (Å²) in [6.45, 7) is 10.8. The summed E-state index contributed by atoms with van der Waals surface area (Å²) in [5.74, 6) is 0.519. The molecule has 0 radical (unpaired) electrons. The monoisotopic (exact) mass is 368 g/mol. The first-order chi connectivity index (χ1) is 12.5. The molecule has 2 fully saturated rings. The van der Waals surface area contributed by atoms with E-state index in [-0.39, 0.29) is 29.7 Å². The lowest BCUT2D eigenvalue weighted by Crippen LogP contribution is -2.58. The van der Waals surface area contributed by atoms with E-state index in [1.54, 1.807) is 4.90 Å². The Bertz CT molecular complexity index is 485. The molecule has 2 aliphatic rings. The number of rotatable bonds is 7. The molecule has 2 unspecified atom stereocenters. The number of nitrogens with one attached hydrogen (secondary N) is 1. The van der Waals surface area contributed by atoms with Gasteiger partial charge < -0.3 is 25.4 Å². The molecule has 1 aliphatic heterocycles. The Morgan fingerprint density at radius 2 is 1.85 bits per heavy atom. The fraction of sp³-hybridized carbons (Fsp3) is 0.895. The van der Waals surface area contributed by atoms with Gasteiger partial charge >= 0.3 is 6.09 Å². The van der Waals surface area contributed by atoms with Crippen LogP contribution < -0.4 is 11.1 Å². The summed E-state index contributed by atoms with van der Waals surface area (Å²) in [7, 11) is 0. The van der Waals surface area contributed by atoms with Gasteiger partial charge in [0.1, 0.15) is 0 Å². The Hall–Kier alpha value is -1.50. The maximum atomic E-state index is 11.8. The molecule has 2 rings (SSSR count). The van der Waals surface area contributed by atoms with Crippen LogP contribution in [-0.4, -0.2) is 61.4 Å². The number of hydrogen-bond donors (Lipinski definition) is 2. The largest absolute Gasteiger partial charge is 0.450 e. The number of nitrogens with zero attached hydrogens (tertiary/aromatic N) is 2. The van der Waals surface area contributed by atoms with Gasteiger partial charge in [0.25, 0.3) is 0 Å². The van der Waals surface area contributed by atoms with Crippen LogP contribution in [0.25, 0.3) is 0 Å². The molecule has 3 N–H and O–H groups in total. The van der Waals surface area contributed by atoms with Gasteiger partial charge in [-0.3, -0.25) is 0 Å². The highest BCUT2D eigenvalue weighted by Crippen LogP contribution is 2.50. The molecule has 7 heteroatoms. The number of likely N-dealkylation sites (tertiary alicyclic amines) is 1. The second-order valence-corrected chi connectivity index (χ2v) is 7.25. The summed E-state index contributed by atoms with van der Waals surface area (Å²) < 4.78 is 11.0. The Kier molecular flexibility index (Phi) is 7.55. The summed E-state index contributed by atoms with van der Waals surface area (Å²) in [6, 6.07) is 0.478. The molecule has 0 spiro atoms. The predicted molar refractivity (Wildman–Crippen MR) is 103 cm³/mol. The molecular weight excluding hydrogens is 332 g/mol. The maximum absolute atomic E-state index is 11.8. The van der Waals surface area contributed by atoms with Crippen molar-refractivity contribution in [3.8, 4) is 0 Å². The third-order valence-corrected chi connectivity index (χ3v) is 6.09. The van der Waals surface area contributed by atoms with Crippen molar-refractivity contribution in [3.05, 3.63) is 0 Å². The zero-order valence-corrected chi connectivity index (χ0v) is 16.8. The van der Waals surface area contributed by atoms with E-state index in [4.69, 9.17) is 20.2 Å². The van der Waals surface area contributed by atoms with E-state index in [0.717, 1.165) is 38.7 Å². The van der Waals surface area contributed by atoms with Gasteiger partial charge in [0.2, 0.25) is 0 Å². The van der Waals surface area contributed by atoms with Crippen molar-refractivity contribution in [3.63, 3.8) is 0 Å². The minimum Gasteiger partial charge on any atom is -0.450 e. The topological polar surface area (TPSA) is 89.2 Å². The van der Waals surface area contributed by atoms with Crippen molar-refractivity contribution in [2.24, 2.45) is 16.1 Å². The fourth-order valence-corrected chi connectivity index (χ4v) is 4.35. The highest BCUT2D eigenvalue weighted by molar-refractivity contribution is 5.78. The highest BCUT2D eigenvalue weighted by Gasteiger charge is 2.53. The number of aliphatic imine (C=N–C) groups is 1. The predicted octanol–water partition coefficient (Wildman–Crippen LogP) is 2.50. The first kappa shape index (κ1) is 20.8. The van der Waals surface area contributed by atoms with Gasteiger partial charge in [-0.05, 0) is 46.0 Å². The zero-order valence-electron chi connectivity index (χ0n) is 16.8. The molecular formula is C19H36N4O3. The number of piperidine rings is 1. The number of amides is 1. The number of carbonyl (C=O) groups excluding carboxylic acids is 1. The second-order valence-electron chi connectivity index (χ2n) is 7.25. The normalized spacial score (nSPS) is 26.3. The number of nitrogens with two attached hydrogens (primary N) is 1. The van der Waals surface area contributed by atoms with Gasteiger partial charge in [0.15, 0.2) is 5.96 Å². The lowest BCUT2D eigenvalue weighted by atomic mass is 9.59. The number of ether oxygens (including phenoxy) is 2. The van der Waals surface area contributed by atoms with Crippen molar-refractivity contribution < 1.29 is 14.3 Å². The van der Waals surface area contributed by atoms with Gasteiger partial charge in [-0.25, -0.2) is 9.79 Å². The summed E-state index contributed by atoms with van der Waals surface area (Å²) >= 11 is 0. The minimum absolute atomic E-state index is 0.107. The van der Waals surface area contributed by atoms with E-state index in [9.17, 15) is 4.79 Å².